The van der Waals surface area contributed by atoms with Crippen LogP contribution in [0.4, 0.5) is 11.5 Å². The Bertz CT molecular complexity index is 1110. The SMILES string of the molecule is COc1cc2ncnc(Nc3ccn(CCC(=O)O)c3)c2cc1OCCCN1CCN(C)CC1. The molecule has 10 heteroatoms. The average molecular weight is 469 g/mol. The molecule has 0 saturated carbocycles. The molecule has 0 bridgehead atoms. The molecule has 2 aromatic heterocycles. The van der Waals surface area contributed by atoms with Crippen LogP contribution >= 0.6 is 0 Å². The van der Waals surface area contributed by atoms with Crippen molar-refractivity contribution in [1.82, 2.24) is 24.3 Å². The number of methoxy groups -OCH3 is 1. The molecule has 34 heavy (non-hydrogen) atoms. The van der Waals surface area contributed by atoms with Gasteiger partial charge in [0, 0.05) is 63.1 Å². The monoisotopic (exact) mass is 468 g/mol. The first kappa shape index (κ1) is 23.8. The number of carboxylic acids is 1. The van der Waals surface area contributed by atoms with E-state index < -0.39 is 5.97 Å². The normalized spacial score (nSPS) is 14.9. The minimum atomic E-state index is -0.824. The lowest BCUT2D eigenvalue weighted by Crippen LogP contribution is -2.44. The highest BCUT2D eigenvalue weighted by atomic mass is 16.5. The molecule has 0 unspecified atom stereocenters. The van der Waals surface area contributed by atoms with Crippen LogP contribution in [0, 0.1) is 0 Å². The molecule has 0 spiro atoms. The van der Waals surface area contributed by atoms with Crippen LogP contribution < -0.4 is 14.8 Å². The third-order valence-corrected chi connectivity index (χ3v) is 5.99. The summed E-state index contributed by atoms with van der Waals surface area (Å²) in [5.41, 5.74) is 1.56. The lowest BCUT2D eigenvalue weighted by molar-refractivity contribution is -0.137. The number of benzene rings is 1. The summed E-state index contributed by atoms with van der Waals surface area (Å²) in [6.07, 6.45) is 6.20. The maximum Gasteiger partial charge on any atom is 0.305 e. The van der Waals surface area contributed by atoms with E-state index in [1.54, 1.807) is 7.11 Å². The van der Waals surface area contributed by atoms with Gasteiger partial charge in [-0.1, -0.05) is 0 Å². The number of hydrogen-bond acceptors (Lipinski definition) is 8. The molecule has 0 aliphatic carbocycles. The van der Waals surface area contributed by atoms with Crippen molar-refractivity contribution in [2.45, 2.75) is 19.4 Å². The third-order valence-electron chi connectivity index (χ3n) is 5.99. The number of ether oxygens (including phenoxy) is 2. The molecule has 1 saturated heterocycles. The van der Waals surface area contributed by atoms with Gasteiger partial charge in [0.2, 0.25) is 0 Å². The minimum absolute atomic E-state index is 0.0693. The lowest BCUT2D eigenvalue weighted by Gasteiger charge is -2.32. The van der Waals surface area contributed by atoms with Gasteiger partial charge in [-0.05, 0) is 25.6 Å². The Kier molecular flexibility index (Phi) is 7.81. The Morgan fingerprint density at radius 1 is 1.15 bits per heavy atom. The molecule has 1 aliphatic heterocycles. The van der Waals surface area contributed by atoms with Gasteiger partial charge < -0.3 is 34.3 Å². The maximum absolute atomic E-state index is 10.8. The van der Waals surface area contributed by atoms with Crippen molar-refractivity contribution < 1.29 is 19.4 Å². The summed E-state index contributed by atoms with van der Waals surface area (Å²) in [4.78, 5) is 24.4. The topological polar surface area (TPSA) is 105 Å². The second kappa shape index (κ2) is 11.2. The fraction of sp³-hybridized carbons (Fsp3) is 0.458. The number of fused-ring (bicyclic) bond motifs is 1. The number of nitrogens with zero attached hydrogens (tertiary/aromatic N) is 5. The molecule has 10 nitrogen and oxygen atoms in total. The Hall–Kier alpha value is -3.37. The maximum atomic E-state index is 10.8. The zero-order chi connectivity index (χ0) is 23.9. The van der Waals surface area contributed by atoms with Gasteiger partial charge in [-0.2, -0.15) is 0 Å². The smallest absolute Gasteiger partial charge is 0.305 e. The number of rotatable bonds is 11. The predicted molar refractivity (Wildman–Crippen MR) is 130 cm³/mol. The Labute approximate surface area is 199 Å². The van der Waals surface area contributed by atoms with E-state index in [0.29, 0.717) is 30.5 Å². The first-order valence-corrected chi connectivity index (χ1v) is 11.5. The van der Waals surface area contributed by atoms with E-state index in [2.05, 4.69) is 32.1 Å². The number of aromatic nitrogens is 3. The standard InChI is InChI=1S/C24H32N6O4/c1-28-9-11-29(12-10-28)6-3-13-34-22-14-19-20(15-21(22)33-2)25-17-26-24(19)27-18-4-7-30(16-18)8-5-23(31)32/h4,7,14-17H,3,5-6,8-13H2,1-2H3,(H,31,32)(H,25,26,27). The van der Waals surface area contributed by atoms with Crippen LogP contribution in [0.25, 0.3) is 10.9 Å². The van der Waals surface area contributed by atoms with E-state index in [9.17, 15) is 4.79 Å². The van der Waals surface area contributed by atoms with Crippen molar-refractivity contribution in [3.63, 3.8) is 0 Å². The zero-order valence-electron chi connectivity index (χ0n) is 19.7. The van der Waals surface area contributed by atoms with Crippen LogP contribution in [0.5, 0.6) is 11.5 Å². The average Bonchev–Trinajstić information content (AvgIpc) is 3.29. The van der Waals surface area contributed by atoms with Gasteiger partial charge in [0.15, 0.2) is 11.5 Å². The lowest BCUT2D eigenvalue weighted by atomic mass is 10.2. The molecule has 3 heterocycles. The number of aryl methyl sites for hydroxylation is 1. The summed E-state index contributed by atoms with van der Waals surface area (Å²) >= 11 is 0. The van der Waals surface area contributed by atoms with Crippen molar-refractivity contribution in [2.24, 2.45) is 0 Å². The first-order valence-electron chi connectivity index (χ1n) is 11.5. The van der Waals surface area contributed by atoms with E-state index in [4.69, 9.17) is 14.6 Å². The van der Waals surface area contributed by atoms with Crippen LogP contribution in [0.3, 0.4) is 0 Å². The van der Waals surface area contributed by atoms with Gasteiger partial charge >= 0.3 is 5.97 Å². The number of anilines is 2. The van der Waals surface area contributed by atoms with Gasteiger partial charge in [0.05, 0.1) is 31.3 Å². The number of carboxylic acid groups (broad SMARTS) is 1. The number of aliphatic carboxylic acids is 1. The van der Waals surface area contributed by atoms with Crippen molar-refractivity contribution in [3.8, 4) is 11.5 Å². The van der Waals surface area contributed by atoms with E-state index in [1.807, 2.05) is 35.2 Å². The second-order valence-corrected chi connectivity index (χ2v) is 8.50. The summed E-state index contributed by atoms with van der Waals surface area (Å²) in [7, 11) is 3.78. The predicted octanol–water partition coefficient (Wildman–Crippen LogP) is 2.67. The van der Waals surface area contributed by atoms with Crippen molar-refractivity contribution in [2.75, 3.05) is 58.8 Å². The Morgan fingerprint density at radius 2 is 1.97 bits per heavy atom. The first-order chi connectivity index (χ1) is 16.5. The largest absolute Gasteiger partial charge is 0.493 e. The summed E-state index contributed by atoms with van der Waals surface area (Å²) < 4.78 is 13.5. The summed E-state index contributed by atoms with van der Waals surface area (Å²) in [6.45, 7) is 6.43. The Morgan fingerprint density at radius 3 is 2.74 bits per heavy atom. The zero-order valence-corrected chi connectivity index (χ0v) is 19.7. The van der Waals surface area contributed by atoms with E-state index in [0.717, 1.165) is 55.7 Å². The highest BCUT2D eigenvalue weighted by Crippen LogP contribution is 2.34. The summed E-state index contributed by atoms with van der Waals surface area (Å²) in [5, 5.41) is 13.0. The number of likely N-dealkylation sites (N-methyl/N-ethyl adjacent to an activating group) is 1. The highest BCUT2D eigenvalue weighted by molar-refractivity contribution is 5.93. The van der Waals surface area contributed by atoms with Crippen LogP contribution in [0.2, 0.25) is 0 Å². The van der Waals surface area contributed by atoms with Gasteiger partial charge in [-0.3, -0.25) is 4.79 Å². The van der Waals surface area contributed by atoms with Crippen molar-refractivity contribution >= 4 is 28.4 Å². The molecule has 1 fully saturated rings. The van der Waals surface area contributed by atoms with Crippen molar-refractivity contribution in [1.29, 1.82) is 0 Å². The van der Waals surface area contributed by atoms with Crippen LogP contribution in [-0.2, 0) is 11.3 Å². The molecular formula is C24H32N6O4. The van der Waals surface area contributed by atoms with Gasteiger partial charge in [-0.25, -0.2) is 9.97 Å². The molecule has 0 radical (unpaired) electrons. The Balaban J connectivity index is 1.43. The van der Waals surface area contributed by atoms with E-state index in [1.165, 1.54) is 6.33 Å². The van der Waals surface area contributed by atoms with Crippen LogP contribution in [0.15, 0.2) is 36.9 Å². The van der Waals surface area contributed by atoms with Gasteiger partial charge in [0.1, 0.15) is 12.1 Å². The molecule has 0 amide bonds. The third kappa shape index (κ3) is 6.15. The molecular weight excluding hydrogens is 436 g/mol. The molecule has 182 valence electrons. The highest BCUT2D eigenvalue weighted by Gasteiger charge is 2.15. The number of hydrogen-bond donors (Lipinski definition) is 2. The molecule has 1 aromatic carbocycles. The van der Waals surface area contributed by atoms with Crippen LogP contribution in [0.1, 0.15) is 12.8 Å². The quantitative estimate of drug-likeness (QED) is 0.411. The number of nitrogens with one attached hydrogen (secondary N) is 1. The molecule has 3 aromatic rings. The fourth-order valence-corrected chi connectivity index (χ4v) is 3.99. The molecule has 2 N–H and O–H groups in total. The number of piperazine rings is 1. The van der Waals surface area contributed by atoms with E-state index >= 15 is 0 Å². The van der Waals surface area contributed by atoms with Gasteiger partial charge in [0.25, 0.3) is 0 Å². The summed E-state index contributed by atoms with van der Waals surface area (Å²) in [5.74, 6) is 1.11. The summed E-state index contributed by atoms with van der Waals surface area (Å²) in [6, 6.07) is 5.65. The number of carbonyl (C=O) groups is 1. The fourth-order valence-electron chi connectivity index (χ4n) is 3.99. The van der Waals surface area contributed by atoms with Gasteiger partial charge in [-0.15, -0.1) is 0 Å². The molecule has 1 aliphatic rings. The molecule has 4 rings (SSSR count). The molecule has 0 atom stereocenters. The second-order valence-electron chi connectivity index (χ2n) is 8.50. The van der Waals surface area contributed by atoms with Crippen molar-refractivity contribution in [3.05, 3.63) is 36.9 Å². The van der Waals surface area contributed by atoms with E-state index in [-0.39, 0.29) is 6.42 Å². The minimum Gasteiger partial charge on any atom is -0.493 e. The van der Waals surface area contributed by atoms with Crippen LogP contribution in [-0.4, -0.2) is 88.9 Å².